The molecule has 0 saturated carbocycles. The Balaban J connectivity index is 1.88. The second-order valence-corrected chi connectivity index (χ2v) is 3.92. The van der Waals surface area contributed by atoms with Gasteiger partial charge in [0.25, 0.3) is 0 Å². The molecule has 1 aromatic heterocycles. The molecule has 0 aliphatic heterocycles. The van der Waals surface area contributed by atoms with Crippen LogP contribution in [0.5, 0.6) is 5.88 Å². The maximum atomic E-state index is 10.1. The first-order chi connectivity index (χ1) is 8.88. The molecule has 18 heavy (non-hydrogen) atoms. The lowest BCUT2D eigenvalue weighted by Gasteiger charge is -2.05. The van der Waals surface area contributed by atoms with E-state index in [1.165, 1.54) is 0 Å². The molecule has 4 heteroatoms. The fourth-order valence-corrected chi connectivity index (χ4v) is 1.57. The highest BCUT2D eigenvalue weighted by Gasteiger charge is 1.99. The molecule has 4 nitrogen and oxygen atoms in total. The summed E-state index contributed by atoms with van der Waals surface area (Å²) < 4.78 is 5.56. The van der Waals surface area contributed by atoms with E-state index in [-0.39, 0.29) is 0 Å². The Morgan fingerprint density at radius 2 is 1.89 bits per heavy atom. The molecule has 0 atom stereocenters. The predicted molar refractivity (Wildman–Crippen MR) is 67.9 cm³/mol. The van der Waals surface area contributed by atoms with Gasteiger partial charge in [-0.15, -0.1) is 0 Å². The van der Waals surface area contributed by atoms with Gasteiger partial charge in [-0.05, 0) is 16.3 Å². The summed E-state index contributed by atoms with van der Waals surface area (Å²) >= 11 is 0. The fraction of sp³-hybridized carbons (Fsp3) is 0.214. The number of nitroso groups, excluding NO2 is 1. The highest BCUT2D eigenvalue weighted by molar-refractivity contribution is 5.19. The highest BCUT2D eigenvalue weighted by atomic mass is 16.5. The lowest BCUT2D eigenvalue weighted by molar-refractivity contribution is -0.479. The number of hydrogen-bond acceptors (Lipinski definition) is 3. The Bertz CT molecular complexity index is 483. The smallest absolute Gasteiger partial charge is 0.213 e. The van der Waals surface area contributed by atoms with Crippen LogP contribution >= 0.6 is 0 Å². The first-order valence-corrected chi connectivity index (χ1v) is 5.85. The Hall–Kier alpha value is -2.23. The molecule has 0 aliphatic carbocycles. The van der Waals surface area contributed by atoms with Crippen molar-refractivity contribution in [3.05, 3.63) is 64.7 Å². The SMILES string of the molecule is O=[NH+]CCc1ccc(OCc2ccccc2)nc1. The van der Waals surface area contributed by atoms with Crippen LogP contribution in [0.3, 0.4) is 0 Å². The van der Waals surface area contributed by atoms with Gasteiger partial charge in [0.1, 0.15) is 6.61 Å². The lowest BCUT2D eigenvalue weighted by Crippen LogP contribution is -2.64. The third-order valence-electron chi connectivity index (χ3n) is 2.54. The lowest BCUT2D eigenvalue weighted by atomic mass is 10.2. The van der Waals surface area contributed by atoms with E-state index < -0.39 is 0 Å². The summed E-state index contributed by atoms with van der Waals surface area (Å²) in [4.78, 5) is 14.3. The van der Waals surface area contributed by atoms with Gasteiger partial charge in [0, 0.05) is 23.6 Å². The van der Waals surface area contributed by atoms with Crippen molar-refractivity contribution in [2.75, 3.05) is 6.54 Å². The maximum absolute atomic E-state index is 10.1. The largest absolute Gasteiger partial charge is 0.473 e. The zero-order valence-corrected chi connectivity index (χ0v) is 10.0. The maximum Gasteiger partial charge on any atom is 0.213 e. The number of ether oxygens (including phenoxy) is 1. The number of rotatable bonds is 6. The molecule has 0 fully saturated rings. The van der Waals surface area contributed by atoms with Crippen LogP contribution in [-0.4, -0.2) is 11.5 Å². The van der Waals surface area contributed by atoms with Crippen molar-refractivity contribution in [1.82, 2.24) is 4.98 Å². The van der Waals surface area contributed by atoms with Crippen LogP contribution in [-0.2, 0) is 13.0 Å². The predicted octanol–water partition coefficient (Wildman–Crippen LogP) is 1.05. The minimum absolute atomic E-state index is 0.409. The van der Waals surface area contributed by atoms with Crippen LogP contribution in [0.4, 0.5) is 0 Å². The monoisotopic (exact) mass is 243 g/mol. The van der Waals surface area contributed by atoms with E-state index in [4.69, 9.17) is 4.74 Å². The van der Waals surface area contributed by atoms with E-state index in [1.54, 1.807) is 6.20 Å². The molecule has 0 spiro atoms. The van der Waals surface area contributed by atoms with Crippen LogP contribution in [0.1, 0.15) is 11.1 Å². The van der Waals surface area contributed by atoms with Crippen LogP contribution in [0, 0.1) is 4.91 Å². The zero-order valence-electron chi connectivity index (χ0n) is 10.0. The number of benzene rings is 1. The van der Waals surface area contributed by atoms with Gasteiger partial charge in [-0.3, -0.25) is 0 Å². The van der Waals surface area contributed by atoms with E-state index in [9.17, 15) is 4.91 Å². The summed E-state index contributed by atoms with van der Waals surface area (Å²) in [6.07, 6.45) is 2.41. The van der Waals surface area contributed by atoms with Crippen LogP contribution in [0.15, 0.2) is 48.7 Å². The van der Waals surface area contributed by atoms with Crippen molar-refractivity contribution in [2.45, 2.75) is 13.0 Å². The van der Waals surface area contributed by atoms with Crippen molar-refractivity contribution in [1.29, 1.82) is 0 Å². The molecule has 0 aliphatic rings. The number of nitrogens with one attached hydrogen (secondary N) is 1. The van der Waals surface area contributed by atoms with E-state index in [0.29, 0.717) is 25.5 Å². The molecule has 0 amide bonds. The van der Waals surface area contributed by atoms with Crippen molar-refractivity contribution in [3.63, 3.8) is 0 Å². The Morgan fingerprint density at radius 1 is 1.06 bits per heavy atom. The second kappa shape index (κ2) is 6.49. The molecule has 0 saturated heterocycles. The van der Waals surface area contributed by atoms with Crippen molar-refractivity contribution in [2.24, 2.45) is 0 Å². The van der Waals surface area contributed by atoms with Crippen molar-refractivity contribution < 1.29 is 9.91 Å². The van der Waals surface area contributed by atoms with Crippen LogP contribution < -0.4 is 9.91 Å². The van der Waals surface area contributed by atoms with Gasteiger partial charge in [0.2, 0.25) is 5.88 Å². The van der Waals surface area contributed by atoms with Gasteiger partial charge in [-0.1, -0.05) is 36.4 Å². The van der Waals surface area contributed by atoms with Gasteiger partial charge in [-0.2, -0.15) is 0 Å². The first-order valence-electron chi connectivity index (χ1n) is 5.85. The van der Waals surface area contributed by atoms with Gasteiger partial charge in [0.05, 0.1) is 0 Å². The molecule has 2 rings (SSSR count). The molecule has 1 heterocycles. The quantitative estimate of drug-likeness (QED) is 0.825. The molecule has 0 unspecified atom stereocenters. The summed E-state index contributed by atoms with van der Waals surface area (Å²) in [5, 5.41) is 1.87. The standard InChI is InChI=1S/C14H14N2O2/c17-16-9-8-12-6-7-14(15-10-12)18-11-13-4-2-1-3-5-13/h1-7,10H,8-9,11H2/p+1. The molecule has 0 radical (unpaired) electrons. The number of hydrogen-bond donors (Lipinski definition) is 1. The molecule has 1 N–H and O–H groups in total. The van der Waals surface area contributed by atoms with Gasteiger partial charge in [-0.25, -0.2) is 4.98 Å². The topological polar surface area (TPSA) is 53.2 Å². The Kier molecular flexibility index (Phi) is 4.41. The molecule has 1 aromatic carbocycles. The molecular formula is C14H15N2O2+. The average molecular weight is 243 g/mol. The molecule has 92 valence electrons. The average Bonchev–Trinajstić information content (AvgIpc) is 2.45. The Labute approximate surface area is 106 Å². The fourth-order valence-electron chi connectivity index (χ4n) is 1.57. The normalized spacial score (nSPS) is 10.0. The summed E-state index contributed by atoms with van der Waals surface area (Å²) in [5.41, 5.74) is 2.13. The minimum atomic E-state index is 0.409. The molecule has 0 bridgehead atoms. The number of nitrogens with zero attached hydrogens (tertiary/aromatic N) is 1. The summed E-state index contributed by atoms with van der Waals surface area (Å²) in [6, 6.07) is 13.7. The summed E-state index contributed by atoms with van der Waals surface area (Å²) in [6.45, 7) is 0.918. The van der Waals surface area contributed by atoms with E-state index >= 15 is 0 Å². The van der Waals surface area contributed by atoms with E-state index in [2.05, 4.69) is 4.98 Å². The van der Waals surface area contributed by atoms with E-state index in [1.807, 2.05) is 47.6 Å². The summed E-state index contributed by atoms with van der Waals surface area (Å²) in [5.74, 6) is 0.595. The van der Waals surface area contributed by atoms with Gasteiger partial charge >= 0.3 is 0 Å². The number of pyridine rings is 1. The molecular weight excluding hydrogens is 228 g/mol. The Morgan fingerprint density at radius 3 is 2.56 bits per heavy atom. The third kappa shape index (κ3) is 3.66. The zero-order chi connectivity index (χ0) is 12.6. The van der Waals surface area contributed by atoms with Crippen LogP contribution in [0.25, 0.3) is 0 Å². The summed E-state index contributed by atoms with van der Waals surface area (Å²) in [7, 11) is 0. The highest BCUT2D eigenvalue weighted by Crippen LogP contribution is 2.10. The van der Waals surface area contributed by atoms with Gasteiger partial charge < -0.3 is 4.74 Å². The number of aromatic nitrogens is 1. The first kappa shape index (κ1) is 12.2. The van der Waals surface area contributed by atoms with Crippen molar-refractivity contribution >= 4 is 0 Å². The van der Waals surface area contributed by atoms with E-state index in [0.717, 1.165) is 11.1 Å². The third-order valence-corrected chi connectivity index (χ3v) is 2.54. The van der Waals surface area contributed by atoms with Crippen LogP contribution in [0.2, 0.25) is 0 Å². The minimum Gasteiger partial charge on any atom is -0.473 e. The van der Waals surface area contributed by atoms with Gasteiger partial charge in [0.15, 0.2) is 6.54 Å². The van der Waals surface area contributed by atoms with Crippen molar-refractivity contribution in [3.8, 4) is 5.88 Å². The molecule has 2 aromatic rings. The second-order valence-electron chi connectivity index (χ2n) is 3.92.